The molecular weight excluding hydrogens is 408 g/mol. The average molecular weight is 428 g/mol. The van der Waals surface area contributed by atoms with E-state index in [1.54, 1.807) is 12.1 Å². The average Bonchev–Trinajstić information content (AvgIpc) is 3.27. The number of ether oxygens (including phenoxy) is 1. The summed E-state index contributed by atoms with van der Waals surface area (Å²) in [5, 5.41) is 4.00. The van der Waals surface area contributed by atoms with E-state index in [0.29, 0.717) is 42.2 Å². The van der Waals surface area contributed by atoms with Crippen LogP contribution in [0.1, 0.15) is 42.5 Å². The molecule has 1 atom stereocenters. The summed E-state index contributed by atoms with van der Waals surface area (Å²) in [6.45, 7) is 2.33. The molecule has 8 heteroatoms. The second-order valence-electron chi connectivity index (χ2n) is 7.01. The number of rotatable bonds is 4. The maximum atomic E-state index is 15.4. The first-order valence-corrected chi connectivity index (χ1v) is 9.60. The summed E-state index contributed by atoms with van der Waals surface area (Å²) in [6, 6.07) is 4.93. The van der Waals surface area contributed by atoms with Gasteiger partial charge in [0.15, 0.2) is 5.82 Å². The molecule has 5 nitrogen and oxygen atoms in total. The summed E-state index contributed by atoms with van der Waals surface area (Å²) < 4.78 is 40.7. The largest absolute Gasteiger partial charge is 0.381 e. The first-order chi connectivity index (χ1) is 12.5. The molecule has 0 radical (unpaired) electrons. The van der Waals surface area contributed by atoms with Crippen molar-refractivity contribution in [3.63, 3.8) is 0 Å². The van der Waals surface area contributed by atoms with Crippen molar-refractivity contribution in [1.82, 2.24) is 15.0 Å². The Morgan fingerprint density at radius 1 is 1.31 bits per heavy atom. The smallest absolute Gasteiger partial charge is 0.265 e. The van der Waals surface area contributed by atoms with E-state index in [4.69, 9.17) is 9.26 Å². The maximum absolute atomic E-state index is 15.4. The summed E-state index contributed by atoms with van der Waals surface area (Å²) in [5.74, 6) is 0.477. The van der Waals surface area contributed by atoms with Gasteiger partial charge in [0.1, 0.15) is 5.82 Å². The zero-order valence-electron chi connectivity index (χ0n) is 14.3. The van der Waals surface area contributed by atoms with Crippen LogP contribution >= 0.6 is 15.9 Å². The first-order valence-electron chi connectivity index (χ1n) is 8.80. The van der Waals surface area contributed by atoms with Crippen molar-refractivity contribution in [3.05, 3.63) is 45.8 Å². The minimum Gasteiger partial charge on any atom is -0.381 e. The lowest BCUT2D eigenvalue weighted by Gasteiger charge is -2.19. The van der Waals surface area contributed by atoms with Gasteiger partial charge in [0, 0.05) is 55.2 Å². The van der Waals surface area contributed by atoms with Gasteiger partial charge in [-0.05, 0) is 25.0 Å². The topological polar surface area (TPSA) is 51.4 Å². The zero-order valence-corrected chi connectivity index (χ0v) is 15.8. The Morgan fingerprint density at radius 2 is 2.12 bits per heavy atom. The van der Waals surface area contributed by atoms with E-state index >= 15 is 4.39 Å². The molecule has 2 aromatic rings. The van der Waals surface area contributed by atoms with Gasteiger partial charge in [-0.2, -0.15) is 4.98 Å². The Balaban J connectivity index is 1.44. The molecule has 2 aliphatic rings. The van der Waals surface area contributed by atoms with E-state index < -0.39 is 5.67 Å². The maximum Gasteiger partial charge on any atom is 0.265 e. The van der Waals surface area contributed by atoms with Gasteiger partial charge in [0.25, 0.3) is 5.89 Å². The first kappa shape index (κ1) is 18.0. The van der Waals surface area contributed by atoms with Gasteiger partial charge in [-0.1, -0.05) is 27.2 Å². The van der Waals surface area contributed by atoms with Crippen LogP contribution < -0.4 is 0 Å². The third kappa shape index (κ3) is 3.68. The molecule has 2 aliphatic heterocycles. The third-order valence-electron chi connectivity index (χ3n) is 5.12. The number of aromatic nitrogens is 2. The van der Waals surface area contributed by atoms with Crippen molar-refractivity contribution < 1.29 is 18.0 Å². The van der Waals surface area contributed by atoms with Gasteiger partial charge in [0.05, 0.1) is 0 Å². The summed E-state index contributed by atoms with van der Waals surface area (Å²) in [6.07, 6.45) is 1.92. The molecule has 0 amide bonds. The van der Waals surface area contributed by atoms with Crippen LogP contribution in [-0.4, -0.2) is 41.3 Å². The molecule has 0 bridgehead atoms. The van der Waals surface area contributed by atoms with Crippen LogP contribution in [0.3, 0.4) is 0 Å². The minimum atomic E-state index is -1.68. The van der Waals surface area contributed by atoms with Crippen molar-refractivity contribution >= 4 is 15.9 Å². The molecule has 26 heavy (non-hydrogen) atoms. The molecule has 2 fully saturated rings. The molecule has 0 N–H and O–H groups in total. The number of alkyl halides is 1. The number of hydrogen-bond acceptors (Lipinski definition) is 5. The highest BCUT2D eigenvalue weighted by Gasteiger charge is 2.45. The van der Waals surface area contributed by atoms with Gasteiger partial charge in [-0.15, -0.1) is 0 Å². The highest BCUT2D eigenvalue weighted by molar-refractivity contribution is 9.10. The molecule has 0 aliphatic carbocycles. The Hall–Kier alpha value is -1.38. The quantitative estimate of drug-likeness (QED) is 0.739. The van der Waals surface area contributed by atoms with E-state index in [9.17, 15) is 4.39 Å². The van der Waals surface area contributed by atoms with Crippen LogP contribution in [0.15, 0.2) is 27.2 Å². The van der Waals surface area contributed by atoms with E-state index in [2.05, 4.69) is 26.1 Å². The van der Waals surface area contributed by atoms with Gasteiger partial charge >= 0.3 is 0 Å². The molecular formula is C18H20BrF2N3O2. The van der Waals surface area contributed by atoms with E-state index in [-0.39, 0.29) is 30.6 Å². The Kier molecular flexibility index (Phi) is 5.07. The fourth-order valence-electron chi connectivity index (χ4n) is 3.59. The summed E-state index contributed by atoms with van der Waals surface area (Å²) in [7, 11) is 0. The molecule has 0 spiro atoms. The molecule has 0 saturated carbocycles. The zero-order chi connectivity index (χ0) is 18.1. The molecule has 1 aromatic carbocycles. The number of hydrogen-bond donors (Lipinski definition) is 0. The predicted molar refractivity (Wildman–Crippen MR) is 93.9 cm³/mol. The standard InChI is InChI=1S/C18H20BrF2N3O2/c19-14-2-1-13(15(20)9-14)10-24-6-5-18(21,11-24)17-22-16(23-26-17)12-3-7-25-8-4-12/h1-2,9,12H,3-8,10-11H2. The normalized spacial score (nSPS) is 25.0. The molecule has 140 valence electrons. The number of nitrogens with zero attached hydrogens (tertiary/aromatic N) is 3. The Bertz CT molecular complexity index is 782. The van der Waals surface area contributed by atoms with Crippen LogP contribution in [0.2, 0.25) is 0 Å². The molecule has 1 unspecified atom stereocenters. The predicted octanol–water partition coefficient (Wildman–Crippen LogP) is 3.94. The van der Waals surface area contributed by atoms with Crippen molar-refractivity contribution in [3.8, 4) is 0 Å². The van der Waals surface area contributed by atoms with Gasteiger partial charge in [-0.3, -0.25) is 4.90 Å². The van der Waals surface area contributed by atoms with Crippen LogP contribution in [0, 0.1) is 5.82 Å². The van der Waals surface area contributed by atoms with Crippen molar-refractivity contribution in [2.45, 2.75) is 37.4 Å². The Labute approximate surface area is 158 Å². The Morgan fingerprint density at radius 3 is 2.88 bits per heavy atom. The van der Waals surface area contributed by atoms with Crippen molar-refractivity contribution in [1.29, 1.82) is 0 Å². The van der Waals surface area contributed by atoms with E-state index in [1.165, 1.54) is 6.07 Å². The van der Waals surface area contributed by atoms with Crippen LogP contribution in [0.25, 0.3) is 0 Å². The lowest BCUT2D eigenvalue weighted by molar-refractivity contribution is 0.0830. The fourth-order valence-corrected chi connectivity index (χ4v) is 3.92. The van der Waals surface area contributed by atoms with Crippen molar-refractivity contribution in [2.24, 2.45) is 0 Å². The molecule has 1 aromatic heterocycles. The fraction of sp³-hybridized carbons (Fsp3) is 0.556. The summed E-state index contributed by atoms with van der Waals surface area (Å²) in [5.41, 5.74) is -1.13. The lowest BCUT2D eigenvalue weighted by Crippen LogP contribution is -2.27. The van der Waals surface area contributed by atoms with E-state index in [0.717, 1.165) is 12.8 Å². The van der Waals surface area contributed by atoms with Gasteiger partial charge < -0.3 is 9.26 Å². The number of likely N-dealkylation sites (tertiary alicyclic amines) is 1. The highest BCUT2D eigenvalue weighted by atomic mass is 79.9. The van der Waals surface area contributed by atoms with Gasteiger partial charge in [-0.25, -0.2) is 8.78 Å². The minimum absolute atomic E-state index is 0.0396. The van der Waals surface area contributed by atoms with Crippen molar-refractivity contribution in [2.75, 3.05) is 26.3 Å². The molecule has 3 heterocycles. The number of halogens is 3. The van der Waals surface area contributed by atoms with Gasteiger partial charge in [0.2, 0.25) is 5.67 Å². The third-order valence-corrected chi connectivity index (χ3v) is 5.61. The van der Waals surface area contributed by atoms with E-state index in [1.807, 2.05) is 4.90 Å². The monoisotopic (exact) mass is 427 g/mol. The van der Waals surface area contributed by atoms with Crippen LogP contribution in [0.4, 0.5) is 8.78 Å². The second kappa shape index (κ2) is 7.32. The number of benzene rings is 1. The lowest BCUT2D eigenvalue weighted by atomic mass is 9.99. The summed E-state index contributed by atoms with van der Waals surface area (Å²) >= 11 is 3.24. The SMILES string of the molecule is Fc1cc(Br)ccc1CN1CCC(F)(c2nc(C3CCOCC3)no2)C1. The second-order valence-corrected chi connectivity index (χ2v) is 7.92. The molecule has 2 saturated heterocycles. The van der Waals surface area contributed by atoms with Crippen LogP contribution in [-0.2, 0) is 17.0 Å². The molecule has 4 rings (SSSR count). The highest BCUT2D eigenvalue weighted by Crippen LogP contribution is 2.37. The summed E-state index contributed by atoms with van der Waals surface area (Å²) in [4.78, 5) is 6.22. The van der Waals surface area contributed by atoms with Crippen LogP contribution in [0.5, 0.6) is 0 Å².